The molecule has 5 nitrogen and oxygen atoms in total. The number of benzene rings is 2. The van der Waals surface area contributed by atoms with Crippen LogP contribution < -0.4 is 4.90 Å². The summed E-state index contributed by atoms with van der Waals surface area (Å²) < 4.78 is 0.978. The Morgan fingerprint density at radius 2 is 1.88 bits per heavy atom. The number of nitrogens with one attached hydrogen (secondary N) is 1. The fourth-order valence-electron chi connectivity index (χ4n) is 5.56. The predicted octanol–water partition coefficient (Wildman–Crippen LogP) is 4.96. The zero-order chi connectivity index (χ0) is 22.2. The third-order valence-corrected chi connectivity index (χ3v) is 8.00. The Labute approximate surface area is 196 Å². The van der Waals surface area contributed by atoms with Gasteiger partial charge in [-0.15, -0.1) is 0 Å². The fourth-order valence-corrected chi connectivity index (χ4v) is 5.92. The van der Waals surface area contributed by atoms with Crippen LogP contribution >= 0.6 is 15.9 Å². The van der Waals surface area contributed by atoms with E-state index in [9.17, 15) is 10.1 Å². The van der Waals surface area contributed by atoms with Crippen LogP contribution in [0.5, 0.6) is 0 Å². The zero-order valence-electron chi connectivity index (χ0n) is 18.3. The Kier molecular flexibility index (Phi) is 4.34. The van der Waals surface area contributed by atoms with Crippen LogP contribution in [0.15, 0.2) is 34.8 Å². The van der Waals surface area contributed by atoms with Crippen molar-refractivity contribution in [3.63, 3.8) is 0 Å². The van der Waals surface area contributed by atoms with E-state index < -0.39 is 0 Å². The Morgan fingerprint density at radius 1 is 1.12 bits per heavy atom. The van der Waals surface area contributed by atoms with Gasteiger partial charge in [0, 0.05) is 64.3 Å². The van der Waals surface area contributed by atoms with Crippen LogP contribution in [-0.4, -0.2) is 47.9 Å². The lowest BCUT2D eigenvalue weighted by molar-refractivity contribution is 0.103. The van der Waals surface area contributed by atoms with E-state index in [-0.39, 0.29) is 11.2 Å². The van der Waals surface area contributed by atoms with Gasteiger partial charge in [-0.1, -0.05) is 35.8 Å². The molecule has 1 saturated heterocycles. The number of hydrogen-bond acceptors (Lipinski definition) is 4. The molecule has 1 saturated carbocycles. The first-order chi connectivity index (χ1) is 15.4. The van der Waals surface area contributed by atoms with E-state index in [0.717, 1.165) is 70.1 Å². The highest BCUT2D eigenvalue weighted by Crippen LogP contribution is 2.46. The second-order valence-electron chi connectivity index (χ2n) is 9.80. The molecule has 2 aliphatic carbocycles. The van der Waals surface area contributed by atoms with Gasteiger partial charge in [0.15, 0.2) is 5.78 Å². The molecule has 3 aromatic rings. The summed E-state index contributed by atoms with van der Waals surface area (Å²) in [5.41, 5.74) is 5.49. The maximum Gasteiger partial charge on any atom is 0.195 e. The van der Waals surface area contributed by atoms with Gasteiger partial charge in [-0.05, 0) is 42.7 Å². The third kappa shape index (κ3) is 2.88. The molecular formula is C26H25BrN4O. The number of ketones is 1. The Balaban J connectivity index is 1.47. The van der Waals surface area contributed by atoms with E-state index >= 15 is 0 Å². The number of piperazine rings is 1. The molecule has 2 heterocycles. The van der Waals surface area contributed by atoms with Crippen molar-refractivity contribution in [1.29, 1.82) is 5.26 Å². The summed E-state index contributed by atoms with van der Waals surface area (Å²) in [5.74, 6) is 0.00417. The van der Waals surface area contributed by atoms with E-state index in [2.05, 4.69) is 56.7 Å². The summed E-state index contributed by atoms with van der Waals surface area (Å²) >= 11 is 3.54. The van der Waals surface area contributed by atoms with Crippen LogP contribution in [0.4, 0.5) is 5.69 Å². The van der Waals surface area contributed by atoms with Crippen molar-refractivity contribution >= 4 is 38.3 Å². The molecule has 1 aromatic heterocycles. The highest BCUT2D eigenvalue weighted by molar-refractivity contribution is 9.10. The first-order valence-corrected chi connectivity index (χ1v) is 12.1. The highest BCUT2D eigenvalue weighted by atomic mass is 79.9. The number of nitriles is 1. The lowest BCUT2D eigenvalue weighted by Crippen LogP contribution is -2.47. The molecule has 32 heavy (non-hydrogen) atoms. The molecule has 6 heteroatoms. The van der Waals surface area contributed by atoms with E-state index in [1.54, 1.807) is 0 Å². The molecule has 0 spiro atoms. The van der Waals surface area contributed by atoms with Gasteiger partial charge in [-0.25, -0.2) is 0 Å². The van der Waals surface area contributed by atoms with Crippen molar-refractivity contribution in [2.24, 2.45) is 0 Å². The smallest absolute Gasteiger partial charge is 0.195 e. The first-order valence-electron chi connectivity index (χ1n) is 11.3. The van der Waals surface area contributed by atoms with Gasteiger partial charge in [-0.2, -0.15) is 5.26 Å². The number of aromatic nitrogens is 1. The van der Waals surface area contributed by atoms with Gasteiger partial charge >= 0.3 is 0 Å². The standard InChI is InChI=1S/C26H25BrN4O/c1-26(2)20-13-22(31-9-7-30(8-10-31)17-4-5-17)15(14-28)11-19(20)24(32)23-18-6-3-16(27)12-21(18)29-25(23)26/h3,6,11-13,17,29H,4-5,7-10H2,1-2H3. The fraction of sp³-hybridized carbons (Fsp3) is 0.385. The largest absolute Gasteiger partial charge is 0.368 e. The zero-order valence-corrected chi connectivity index (χ0v) is 19.9. The minimum Gasteiger partial charge on any atom is -0.368 e. The minimum absolute atomic E-state index is 0.00417. The monoisotopic (exact) mass is 488 g/mol. The molecule has 2 fully saturated rings. The molecule has 1 aliphatic heterocycles. The van der Waals surface area contributed by atoms with E-state index in [1.165, 1.54) is 12.8 Å². The number of carbonyl (C=O) groups excluding carboxylic acids is 1. The molecule has 0 amide bonds. The maximum absolute atomic E-state index is 13.7. The maximum atomic E-state index is 13.7. The van der Waals surface area contributed by atoms with Crippen LogP contribution in [-0.2, 0) is 5.41 Å². The molecule has 0 radical (unpaired) electrons. The lowest BCUT2D eigenvalue weighted by Gasteiger charge is -2.38. The summed E-state index contributed by atoms with van der Waals surface area (Å²) in [6, 6.07) is 13.1. The van der Waals surface area contributed by atoms with Crippen LogP contribution in [0.2, 0.25) is 0 Å². The Bertz CT molecular complexity index is 1320. The van der Waals surface area contributed by atoms with Gasteiger partial charge in [0.2, 0.25) is 0 Å². The normalized spacial score (nSPS) is 20.2. The number of anilines is 1. The van der Waals surface area contributed by atoms with Crippen molar-refractivity contribution in [3.8, 4) is 6.07 Å². The number of halogens is 1. The van der Waals surface area contributed by atoms with Crippen molar-refractivity contribution < 1.29 is 4.79 Å². The average Bonchev–Trinajstić information content (AvgIpc) is 3.57. The third-order valence-electron chi connectivity index (χ3n) is 7.51. The van der Waals surface area contributed by atoms with Gasteiger partial charge in [0.25, 0.3) is 0 Å². The number of aromatic amines is 1. The van der Waals surface area contributed by atoms with E-state index in [1.807, 2.05) is 24.3 Å². The molecule has 2 aromatic carbocycles. The van der Waals surface area contributed by atoms with Crippen LogP contribution in [0.1, 0.15) is 59.4 Å². The summed E-state index contributed by atoms with van der Waals surface area (Å²) in [4.78, 5) is 22.1. The molecule has 3 aliphatic rings. The molecule has 0 unspecified atom stereocenters. The number of nitrogens with zero attached hydrogens (tertiary/aromatic N) is 3. The second kappa shape index (κ2) is 6.94. The molecule has 6 rings (SSSR count). The summed E-state index contributed by atoms with van der Waals surface area (Å²) in [6.45, 7) is 8.25. The van der Waals surface area contributed by atoms with E-state index in [0.29, 0.717) is 11.1 Å². The quantitative estimate of drug-likeness (QED) is 0.553. The van der Waals surface area contributed by atoms with E-state index in [4.69, 9.17) is 0 Å². The van der Waals surface area contributed by atoms with Gasteiger partial charge in [-0.3, -0.25) is 9.69 Å². The Hall–Kier alpha value is -2.62. The topological polar surface area (TPSA) is 63.1 Å². The number of carbonyl (C=O) groups is 1. The average molecular weight is 489 g/mol. The first kappa shape index (κ1) is 20.0. The van der Waals surface area contributed by atoms with Crippen LogP contribution in [0.3, 0.4) is 0 Å². The Morgan fingerprint density at radius 3 is 2.56 bits per heavy atom. The van der Waals surface area contributed by atoms with Gasteiger partial charge in [0.05, 0.1) is 16.8 Å². The number of H-pyrrole nitrogens is 1. The molecule has 0 atom stereocenters. The predicted molar refractivity (Wildman–Crippen MR) is 130 cm³/mol. The van der Waals surface area contributed by atoms with Gasteiger partial charge < -0.3 is 9.88 Å². The summed E-state index contributed by atoms with van der Waals surface area (Å²) in [5, 5.41) is 10.9. The number of hydrogen-bond donors (Lipinski definition) is 1. The molecular weight excluding hydrogens is 464 g/mol. The molecule has 162 valence electrons. The van der Waals surface area contributed by atoms with Crippen molar-refractivity contribution in [3.05, 3.63) is 62.8 Å². The lowest BCUT2D eigenvalue weighted by atomic mass is 9.70. The molecule has 1 N–H and O–H groups in total. The summed E-state index contributed by atoms with van der Waals surface area (Å²) in [7, 11) is 0. The van der Waals surface area contributed by atoms with Crippen molar-refractivity contribution in [2.75, 3.05) is 31.1 Å². The molecule has 0 bridgehead atoms. The van der Waals surface area contributed by atoms with Crippen LogP contribution in [0, 0.1) is 11.3 Å². The summed E-state index contributed by atoms with van der Waals surface area (Å²) in [6.07, 6.45) is 2.64. The minimum atomic E-state index is -0.372. The van der Waals surface area contributed by atoms with Crippen LogP contribution in [0.25, 0.3) is 10.9 Å². The second-order valence-corrected chi connectivity index (χ2v) is 10.7. The van der Waals surface area contributed by atoms with Crippen molar-refractivity contribution in [1.82, 2.24) is 9.88 Å². The SMILES string of the molecule is CC1(C)c2cc(N3CCN(C4CC4)CC3)c(C#N)cc2C(=O)c2c1[nH]c1cc(Br)ccc21. The number of fused-ring (bicyclic) bond motifs is 4. The number of rotatable bonds is 2. The van der Waals surface area contributed by atoms with Crippen molar-refractivity contribution in [2.45, 2.75) is 38.1 Å². The van der Waals surface area contributed by atoms with Gasteiger partial charge in [0.1, 0.15) is 6.07 Å². The highest BCUT2D eigenvalue weighted by Gasteiger charge is 2.41.